The molecule has 42 heavy (non-hydrogen) atoms. The van der Waals surface area contributed by atoms with Gasteiger partial charge in [-0.05, 0) is 24.6 Å². The van der Waals surface area contributed by atoms with Gasteiger partial charge in [-0.25, -0.2) is 28.6 Å². The first-order valence-electron chi connectivity index (χ1n) is 12.0. The van der Waals surface area contributed by atoms with Crippen molar-refractivity contribution in [1.82, 2.24) is 19.5 Å². The van der Waals surface area contributed by atoms with Crippen molar-refractivity contribution in [3.05, 3.63) is 48.0 Å². The molecule has 0 aliphatic carbocycles. The van der Waals surface area contributed by atoms with Crippen LogP contribution in [0.2, 0.25) is 0 Å². The van der Waals surface area contributed by atoms with E-state index in [1.54, 1.807) is 31.2 Å². The van der Waals surface area contributed by atoms with Crippen LogP contribution in [0.1, 0.15) is 36.8 Å². The fraction of sp³-hybridized carbons (Fsp3) is 0.381. The molecule has 0 bridgehead atoms. The summed E-state index contributed by atoms with van der Waals surface area (Å²) in [7, 11) is -16.8. The Morgan fingerprint density at radius 2 is 1.81 bits per heavy atom. The van der Waals surface area contributed by atoms with Crippen molar-refractivity contribution in [1.29, 1.82) is 0 Å². The Morgan fingerprint density at radius 1 is 1.10 bits per heavy atom. The van der Waals surface area contributed by atoms with E-state index in [0.717, 1.165) is 11.1 Å². The molecule has 1 fully saturated rings. The molecule has 4 rings (SSSR count). The van der Waals surface area contributed by atoms with Gasteiger partial charge < -0.3 is 40.5 Å². The molecule has 2 aromatic heterocycles. The molecule has 3 heterocycles. The summed E-state index contributed by atoms with van der Waals surface area (Å²) in [6.45, 7) is 1.78. The number of fused-ring (bicyclic) bond motifs is 1. The fourth-order valence-electron chi connectivity index (χ4n) is 4.01. The van der Waals surface area contributed by atoms with Gasteiger partial charge in [0.2, 0.25) is 0 Å². The van der Waals surface area contributed by atoms with Crippen molar-refractivity contribution in [2.45, 2.75) is 37.9 Å². The largest absolute Gasteiger partial charge is 0.490 e. The summed E-state index contributed by atoms with van der Waals surface area (Å²) in [5.41, 5.74) is 13.3. The predicted octanol–water partition coefficient (Wildman–Crippen LogP) is 1.50. The van der Waals surface area contributed by atoms with E-state index in [1.807, 2.05) is 0 Å². The van der Waals surface area contributed by atoms with Crippen LogP contribution >= 0.6 is 23.5 Å². The highest BCUT2D eigenvalue weighted by Crippen LogP contribution is 2.67. The van der Waals surface area contributed by atoms with Crippen molar-refractivity contribution >= 4 is 40.4 Å². The van der Waals surface area contributed by atoms with Gasteiger partial charge >= 0.3 is 23.5 Å². The number of imidazole rings is 1. The molecular weight excluding hydrogens is 621 g/mol. The van der Waals surface area contributed by atoms with Crippen LogP contribution in [-0.2, 0) is 36.3 Å². The van der Waals surface area contributed by atoms with E-state index in [1.165, 1.54) is 17.2 Å². The third-order valence-corrected chi connectivity index (χ3v) is 9.65. The molecule has 1 aromatic carbocycles. The maximum Gasteiger partial charge on any atom is 0.490 e. The lowest BCUT2D eigenvalue weighted by Gasteiger charge is -2.23. The van der Waals surface area contributed by atoms with Crippen LogP contribution in [-0.4, -0.2) is 64.5 Å². The van der Waals surface area contributed by atoms with Crippen molar-refractivity contribution < 1.29 is 55.9 Å². The highest BCUT2D eigenvalue weighted by atomic mass is 31.3. The van der Waals surface area contributed by atoms with Gasteiger partial charge in [0.1, 0.15) is 30.3 Å². The van der Waals surface area contributed by atoms with Crippen molar-refractivity contribution in [2.24, 2.45) is 5.73 Å². The summed E-state index contributed by atoms with van der Waals surface area (Å²) < 4.78 is 61.7. The van der Waals surface area contributed by atoms with Crippen LogP contribution in [0.3, 0.4) is 0 Å². The second-order valence-corrected chi connectivity index (χ2v) is 13.2. The molecule has 6 atom stereocenters. The minimum atomic E-state index is -5.73. The normalized spacial score (nSPS) is 22.7. The van der Waals surface area contributed by atoms with E-state index < -0.39 is 48.0 Å². The Kier molecular flexibility index (Phi) is 9.98. The number of hydrogen-bond donors (Lipinski definition) is 6. The van der Waals surface area contributed by atoms with Crippen molar-refractivity contribution in [3.8, 4) is 11.8 Å². The van der Waals surface area contributed by atoms with E-state index in [4.69, 9.17) is 35.3 Å². The second-order valence-electron chi connectivity index (χ2n) is 8.79. The lowest BCUT2D eigenvalue weighted by atomic mass is 10.1. The zero-order valence-corrected chi connectivity index (χ0v) is 24.4. The number of rotatable bonds is 11. The van der Waals surface area contributed by atoms with Gasteiger partial charge in [0.15, 0.2) is 11.5 Å². The highest BCUT2D eigenvalue weighted by Gasteiger charge is 2.46. The molecule has 0 radical (unpaired) electrons. The number of aromatic nitrogens is 4. The first-order chi connectivity index (χ1) is 19.7. The lowest BCUT2D eigenvalue weighted by Crippen LogP contribution is -2.29. The molecule has 1 saturated heterocycles. The molecule has 21 heteroatoms. The molecule has 8 N–H and O–H groups in total. The van der Waals surface area contributed by atoms with Gasteiger partial charge in [-0.1, -0.05) is 24.0 Å². The number of nitrogen functional groups attached to an aromatic ring is 1. The van der Waals surface area contributed by atoms with E-state index in [-0.39, 0.29) is 36.6 Å². The van der Waals surface area contributed by atoms with Crippen LogP contribution in [0.4, 0.5) is 5.82 Å². The van der Waals surface area contributed by atoms with Crippen LogP contribution < -0.4 is 11.5 Å². The minimum absolute atomic E-state index is 0.107. The molecule has 0 spiro atoms. The maximum atomic E-state index is 12.6. The fourth-order valence-corrected chi connectivity index (χ4v) is 7.23. The summed E-state index contributed by atoms with van der Waals surface area (Å²) in [6, 6.07) is 7.18. The summed E-state index contributed by atoms with van der Waals surface area (Å²) >= 11 is 0. The number of anilines is 1. The molecule has 0 amide bonds. The molecule has 3 unspecified atom stereocenters. The number of ether oxygens (including phenoxy) is 2. The maximum absolute atomic E-state index is 12.6. The van der Waals surface area contributed by atoms with Gasteiger partial charge in [0.25, 0.3) is 0 Å². The van der Waals surface area contributed by atoms with E-state index in [2.05, 4.69) is 35.4 Å². The van der Waals surface area contributed by atoms with Gasteiger partial charge in [-0.2, -0.15) is 8.62 Å². The van der Waals surface area contributed by atoms with Crippen molar-refractivity contribution in [3.63, 3.8) is 0 Å². The topological polar surface area (TPSA) is 274 Å². The quantitative estimate of drug-likeness (QED) is 0.127. The number of hydrogen-bond acceptors (Lipinski definition) is 13. The second kappa shape index (κ2) is 13.0. The third-order valence-electron chi connectivity index (χ3n) is 5.79. The Balaban J connectivity index is 1.53. The Morgan fingerprint density at radius 3 is 2.48 bits per heavy atom. The Bertz CT molecular complexity index is 1620. The molecule has 1 aliphatic heterocycles. The summed E-state index contributed by atoms with van der Waals surface area (Å²) in [6.07, 6.45) is -1.32. The molecule has 1 aliphatic rings. The lowest BCUT2D eigenvalue weighted by molar-refractivity contribution is -0.0755. The number of nitrogens with two attached hydrogens (primary N) is 2. The molecule has 228 valence electrons. The molecule has 0 saturated carbocycles. The van der Waals surface area contributed by atoms with Crippen molar-refractivity contribution in [2.75, 3.05) is 18.9 Å². The zero-order valence-electron chi connectivity index (χ0n) is 21.7. The smallest absolute Gasteiger partial charge is 0.382 e. The van der Waals surface area contributed by atoms with Gasteiger partial charge in [0.05, 0.1) is 25.6 Å². The van der Waals surface area contributed by atoms with Crippen LogP contribution in [0.15, 0.2) is 36.9 Å². The summed E-state index contributed by atoms with van der Waals surface area (Å²) in [4.78, 5) is 49.4. The summed E-state index contributed by atoms with van der Waals surface area (Å²) in [5, 5.41) is 0. The molecule has 18 nitrogen and oxygen atoms in total. The van der Waals surface area contributed by atoms with E-state index in [0.29, 0.717) is 0 Å². The highest BCUT2D eigenvalue weighted by molar-refractivity contribution is 7.66. The Labute approximate surface area is 238 Å². The number of phosphoric ester groups is 1. The van der Waals surface area contributed by atoms with Gasteiger partial charge in [-0.3, -0.25) is 9.09 Å². The monoisotopic (exact) mass is 648 g/mol. The average molecular weight is 648 g/mol. The number of benzene rings is 1. The van der Waals surface area contributed by atoms with Gasteiger partial charge in [0, 0.05) is 12.0 Å². The molecular formula is C21H27N6O12P3. The predicted molar refractivity (Wildman–Crippen MR) is 144 cm³/mol. The average Bonchev–Trinajstić information content (AvgIpc) is 3.48. The Hall–Kier alpha value is -2.58. The summed E-state index contributed by atoms with van der Waals surface area (Å²) in [5.74, 6) is 5.77. The first-order valence-corrected chi connectivity index (χ1v) is 16.5. The van der Waals surface area contributed by atoms with Crippen LogP contribution in [0.25, 0.3) is 11.2 Å². The minimum Gasteiger partial charge on any atom is -0.382 e. The van der Waals surface area contributed by atoms with Crippen LogP contribution in [0, 0.1) is 11.8 Å². The zero-order chi connectivity index (χ0) is 30.7. The first kappa shape index (κ1) is 32.3. The third kappa shape index (κ3) is 8.50. The van der Waals surface area contributed by atoms with E-state index >= 15 is 0 Å². The number of nitrogens with zero attached hydrogens (tertiary/aromatic N) is 4. The standard InChI is InChI=1S/C21H27N6O12P3/c1-13(15-6-4-14(5-7-15)3-2-8-22)35-10-17-16(37-41(31,32)39-42(33,34)38-40(28,29)30)9-18(36-17)27-12-26-19-20(23)24-11-25-21(19)27/h4-7,11-13,16-18H,8-10,22H2,1H3,(H,31,32)(H,33,34)(H2,23,24,25)(H2,28,29,30)/t13?,16-,17+,18+/m0/s1. The SMILES string of the molecule is CC(OC[C@H]1O[C@@H](n2cnc3c(N)ncnc32)C[C@@H]1OP(=O)(O)OP(=O)(O)OP(=O)(O)O)c1ccc(C#CCN)cc1. The molecule has 3 aromatic rings. The number of phosphoric acid groups is 3. The van der Waals surface area contributed by atoms with E-state index in [9.17, 15) is 23.5 Å². The van der Waals surface area contributed by atoms with Crippen LogP contribution in [0.5, 0.6) is 0 Å². The van der Waals surface area contributed by atoms with Gasteiger partial charge in [-0.15, -0.1) is 0 Å².